The van der Waals surface area contributed by atoms with Crippen molar-refractivity contribution in [2.24, 2.45) is 0 Å². The van der Waals surface area contributed by atoms with Crippen molar-refractivity contribution in [1.82, 2.24) is 5.32 Å². The van der Waals surface area contributed by atoms with Crippen LogP contribution in [0.4, 0.5) is 0 Å². The van der Waals surface area contributed by atoms with Crippen molar-refractivity contribution in [3.05, 3.63) is 71.8 Å². The van der Waals surface area contributed by atoms with Gasteiger partial charge in [-0.2, -0.15) is 0 Å². The highest BCUT2D eigenvalue weighted by Crippen LogP contribution is 2.46. The van der Waals surface area contributed by atoms with Crippen LogP contribution in [0.5, 0.6) is 0 Å². The maximum Gasteiger partial charge on any atom is 0.470 e. The molecule has 2 aromatic carbocycles. The van der Waals surface area contributed by atoms with Crippen molar-refractivity contribution in [3.8, 4) is 0 Å². The van der Waals surface area contributed by atoms with Gasteiger partial charge in [0.25, 0.3) is 0 Å². The highest BCUT2D eigenvalue weighted by atomic mass is 35.5. The molecule has 1 heterocycles. The zero-order chi connectivity index (χ0) is 17.8. The summed E-state index contributed by atoms with van der Waals surface area (Å²) in [6.45, 7) is 0.834. The van der Waals surface area contributed by atoms with Gasteiger partial charge in [0.2, 0.25) is 0 Å². The number of rotatable bonds is 7. The van der Waals surface area contributed by atoms with Gasteiger partial charge in [0.05, 0.1) is 0 Å². The molecule has 1 fully saturated rings. The number of phosphoric acid groups is 1. The fourth-order valence-corrected chi connectivity index (χ4v) is 4.42. The predicted molar refractivity (Wildman–Crippen MR) is 104 cm³/mol. The van der Waals surface area contributed by atoms with Crippen molar-refractivity contribution in [3.63, 3.8) is 0 Å². The van der Waals surface area contributed by atoms with Crippen LogP contribution in [0.1, 0.15) is 24.0 Å². The van der Waals surface area contributed by atoms with E-state index in [1.54, 1.807) is 0 Å². The monoisotopic (exact) mass is 397 g/mol. The first-order valence-electron chi connectivity index (χ1n) is 8.54. The molecule has 142 valence electrons. The Kier molecular flexibility index (Phi) is 7.42. The number of benzene rings is 2. The first-order valence-corrected chi connectivity index (χ1v) is 10.1. The second-order valence-corrected chi connectivity index (χ2v) is 7.78. The van der Waals surface area contributed by atoms with Gasteiger partial charge in [-0.25, -0.2) is 4.57 Å². The molecule has 3 rings (SSSR count). The van der Waals surface area contributed by atoms with Gasteiger partial charge in [-0.05, 0) is 30.5 Å². The normalized spacial score (nSPS) is 17.7. The zero-order valence-corrected chi connectivity index (χ0v) is 16.2. The van der Waals surface area contributed by atoms with Crippen LogP contribution in [0.25, 0.3) is 0 Å². The molecule has 0 aromatic heterocycles. The van der Waals surface area contributed by atoms with E-state index in [1.807, 2.05) is 60.7 Å². The van der Waals surface area contributed by atoms with Crippen molar-refractivity contribution in [1.29, 1.82) is 0 Å². The van der Waals surface area contributed by atoms with Crippen molar-refractivity contribution in [2.75, 3.05) is 6.54 Å². The molecule has 0 unspecified atom stereocenters. The summed E-state index contributed by atoms with van der Waals surface area (Å²) in [5, 5.41) is 3.39. The van der Waals surface area contributed by atoms with Gasteiger partial charge in [0, 0.05) is 18.9 Å². The van der Waals surface area contributed by atoms with Crippen LogP contribution in [-0.4, -0.2) is 28.0 Å². The Balaban J connectivity index is 0.00000243. The average molecular weight is 398 g/mol. The molecule has 1 aliphatic heterocycles. The van der Waals surface area contributed by atoms with Gasteiger partial charge in [-0.1, -0.05) is 60.7 Å². The lowest BCUT2D eigenvalue weighted by Crippen LogP contribution is -2.52. The zero-order valence-electron chi connectivity index (χ0n) is 14.5. The maximum atomic E-state index is 11.8. The van der Waals surface area contributed by atoms with Crippen LogP contribution in [0.15, 0.2) is 60.7 Å². The second-order valence-electron chi connectivity index (χ2n) is 6.62. The number of halogens is 1. The van der Waals surface area contributed by atoms with E-state index >= 15 is 0 Å². The Morgan fingerprint density at radius 2 is 1.50 bits per heavy atom. The molecular formula is C19H25ClNO4P. The van der Waals surface area contributed by atoms with Crippen molar-refractivity contribution < 1.29 is 18.9 Å². The molecule has 0 bridgehead atoms. The molecule has 0 saturated carbocycles. The highest BCUT2D eigenvalue weighted by molar-refractivity contribution is 7.46. The van der Waals surface area contributed by atoms with Gasteiger partial charge in [-0.3, -0.25) is 4.52 Å². The largest absolute Gasteiger partial charge is 0.470 e. The van der Waals surface area contributed by atoms with Crippen LogP contribution >= 0.6 is 20.2 Å². The minimum atomic E-state index is -4.65. The minimum Gasteiger partial charge on any atom is -0.311 e. The fourth-order valence-electron chi connectivity index (χ4n) is 3.69. The smallest absolute Gasteiger partial charge is 0.311 e. The van der Waals surface area contributed by atoms with Crippen LogP contribution < -0.4 is 5.32 Å². The number of phosphoric ester groups is 1. The number of hydrogen-bond donors (Lipinski definition) is 3. The van der Waals surface area contributed by atoms with Crippen LogP contribution in [0.2, 0.25) is 0 Å². The van der Waals surface area contributed by atoms with E-state index in [-0.39, 0.29) is 18.4 Å². The molecule has 0 amide bonds. The lowest BCUT2D eigenvalue weighted by molar-refractivity contribution is 0.00602. The lowest BCUT2D eigenvalue weighted by Gasteiger charge is -2.39. The van der Waals surface area contributed by atoms with Gasteiger partial charge < -0.3 is 15.1 Å². The molecule has 1 atom stereocenters. The molecule has 26 heavy (non-hydrogen) atoms. The van der Waals surface area contributed by atoms with Crippen LogP contribution in [-0.2, 0) is 21.9 Å². The summed E-state index contributed by atoms with van der Waals surface area (Å²) in [5.41, 5.74) is 0.999. The quantitative estimate of drug-likeness (QED) is 0.623. The summed E-state index contributed by atoms with van der Waals surface area (Å²) < 4.78 is 17.3. The van der Waals surface area contributed by atoms with E-state index in [0.717, 1.165) is 30.5 Å². The molecular weight excluding hydrogens is 373 g/mol. The summed E-state index contributed by atoms with van der Waals surface area (Å²) in [4.78, 5) is 19.3. The van der Waals surface area contributed by atoms with Crippen molar-refractivity contribution in [2.45, 2.75) is 37.3 Å². The Labute approximate surface area is 160 Å². The number of nitrogens with one attached hydrogen (secondary N) is 1. The van der Waals surface area contributed by atoms with Gasteiger partial charge in [0.1, 0.15) is 5.60 Å². The molecule has 3 N–H and O–H groups in total. The maximum absolute atomic E-state index is 11.8. The highest BCUT2D eigenvalue weighted by Gasteiger charge is 2.46. The average Bonchev–Trinajstić information content (AvgIpc) is 3.10. The molecule has 0 radical (unpaired) electrons. The summed E-state index contributed by atoms with van der Waals surface area (Å²) in [7, 11) is -4.65. The third kappa shape index (κ3) is 5.65. The number of hydrogen-bond acceptors (Lipinski definition) is 3. The summed E-state index contributed by atoms with van der Waals surface area (Å²) in [6.07, 6.45) is 2.68. The molecule has 5 nitrogen and oxygen atoms in total. The van der Waals surface area contributed by atoms with Gasteiger partial charge in [0.15, 0.2) is 0 Å². The molecule has 0 aliphatic carbocycles. The second kappa shape index (κ2) is 9.14. The third-order valence-corrected chi connectivity index (χ3v) is 5.29. The van der Waals surface area contributed by atoms with Crippen LogP contribution in [0, 0.1) is 0 Å². The first-order chi connectivity index (χ1) is 12.0. The minimum absolute atomic E-state index is 0. The Morgan fingerprint density at radius 3 is 1.88 bits per heavy atom. The third-order valence-electron chi connectivity index (χ3n) is 4.69. The van der Waals surface area contributed by atoms with Gasteiger partial charge >= 0.3 is 7.82 Å². The SMILES string of the molecule is Cl.O=P(O)(O)OC(Cc1ccccc1)(Cc1ccccc1)[C@@H]1CCCN1. The fraction of sp³-hybridized carbons (Fsp3) is 0.368. The topological polar surface area (TPSA) is 78.8 Å². The first kappa shape index (κ1) is 21.1. The van der Waals surface area contributed by atoms with Gasteiger partial charge in [-0.15, -0.1) is 12.4 Å². The summed E-state index contributed by atoms with van der Waals surface area (Å²) in [5.74, 6) is 0. The Morgan fingerprint density at radius 1 is 1.00 bits per heavy atom. The molecule has 1 saturated heterocycles. The summed E-state index contributed by atoms with van der Waals surface area (Å²) >= 11 is 0. The van der Waals surface area contributed by atoms with Crippen LogP contribution in [0.3, 0.4) is 0 Å². The van der Waals surface area contributed by atoms with E-state index in [0.29, 0.717) is 12.8 Å². The Hall–Kier alpha value is -1.20. The lowest BCUT2D eigenvalue weighted by atomic mass is 9.81. The standard InChI is InChI=1S/C19H24NO4P.ClH/c21-25(22,23)24-19(18-12-7-13-20-18,14-16-8-3-1-4-9-16)15-17-10-5-2-6-11-17;/h1-6,8-11,18,20H,7,12-15H2,(H2,21,22,23);1H/t18-;/m0./s1. The van der Waals surface area contributed by atoms with E-state index in [9.17, 15) is 14.4 Å². The van der Waals surface area contributed by atoms with E-state index in [2.05, 4.69) is 5.32 Å². The molecule has 2 aromatic rings. The molecule has 0 spiro atoms. The van der Waals surface area contributed by atoms with E-state index in [4.69, 9.17) is 4.52 Å². The van der Waals surface area contributed by atoms with Crippen molar-refractivity contribution >= 4 is 20.2 Å². The molecule has 7 heteroatoms. The Bertz CT molecular complexity index is 675. The predicted octanol–water partition coefficient (Wildman–Crippen LogP) is 3.49. The molecule has 1 aliphatic rings. The van der Waals surface area contributed by atoms with E-state index < -0.39 is 13.4 Å². The van der Waals surface area contributed by atoms with E-state index in [1.165, 1.54) is 0 Å². The summed E-state index contributed by atoms with van der Waals surface area (Å²) in [6, 6.07) is 19.4.